The highest BCUT2D eigenvalue weighted by molar-refractivity contribution is 5.02. The van der Waals surface area contributed by atoms with Crippen molar-refractivity contribution < 1.29 is 0 Å². The van der Waals surface area contributed by atoms with Crippen LogP contribution in [0.5, 0.6) is 0 Å². The van der Waals surface area contributed by atoms with Crippen molar-refractivity contribution in [2.75, 3.05) is 20.6 Å². The molecule has 1 aliphatic rings. The Morgan fingerprint density at radius 3 is 2.30 bits per heavy atom. The third kappa shape index (κ3) is 4.21. The van der Waals surface area contributed by atoms with Crippen molar-refractivity contribution in [1.82, 2.24) is 10.2 Å². The summed E-state index contributed by atoms with van der Waals surface area (Å²) >= 11 is 0. The van der Waals surface area contributed by atoms with Crippen molar-refractivity contribution in [3.05, 3.63) is 0 Å². The van der Waals surface area contributed by atoms with E-state index in [-0.39, 0.29) is 0 Å². The van der Waals surface area contributed by atoms with E-state index in [1.54, 1.807) is 0 Å². The van der Waals surface area contributed by atoms with E-state index in [1.807, 2.05) is 0 Å². The SMILES string of the molecule is CCNC(CC(CC)CC)C1(N(C)C)CCCC(C)C1. The zero-order valence-corrected chi connectivity index (χ0v) is 14.8. The standard InChI is InChI=1S/C18H38N2/c1-7-16(8-2)13-17(19-9-3)18(20(5)6)12-10-11-15(4)14-18/h15-17,19H,7-14H2,1-6H3. The normalized spacial score (nSPS) is 29.1. The van der Waals surface area contributed by atoms with Gasteiger partial charge in [-0.15, -0.1) is 0 Å². The molecule has 0 aromatic rings. The van der Waals surface area contributed by atoms with Crippen LogP contribution in [0.4, 0.5) is 0 Å². The van der Waals surface area contributed by atoms with Crippen LogP contribution >= 0.6 is 0 Å². The minimum Gasteiger partial charge on any atom is -0.312 e. The molecule has 0 aromatic heterocycles. The summed E-state index contributed by atoms with van der Waals surface area (Å²) in [6, 6.07) is 0.648. The van der Waals surface area contributed by atoms with Crippen LogP contribution in [0.1, 0.15) is 72.6 Å². The lowest BCUT2D eigenvalue weighted by Crippen LogP contribution is -2.61. The molecule has 0 radical (unpaired) electrons. The van der Waals surface area contributed by atoms with Crippen LogP contribution < -0.4 is 5.32 Å². The lowest BCUT2D eigenvalue weighted by atomic mass is 9.69. The molecule has 1 rings (SSSR count). The van der Waals surface area contributed by atoms with Crippen LogP contribution in [0.3, 0.4) is 0 Å². The number of rotatable bonds is 8. The molecule has 2 nitrogen and oxygen atoms in total. The number of nitrogens with one attached hydrogen (secondary N) is 1. The molecule has 1 N–H and O–H groups in total. The summed E-state index contributed by atoms with van der Waals surface area (Å²) in [5.74, 6) is 1.74. The van der Waals surface area contributed by atoms with Crippen molar-refractivity contribution in [2.45, 2.75) is 84.2 Å². The van der Waals surface area contributed by atoms with E-state index in [9.17, 15) is 0 Å². The molecular formula is C18H38N2. The van der Waals surface area contributed by atoms with Crippen LogP contribution in [-0.4, -0.2) is 37.1 Å². The van der Waals surface area contributed by atoms with E-state index < -0.39 is 0 Å². The van der Waals surface area contributed by atoms with Crippen LogP contribution in [0, 0.1) is 11.8 Å². The second-order valence-electron chi connectivity index (χ2n) is 7.23. The molecule has 1 saturated carbocycles. The molecule has 2 heteroatoms. The molecule has 0 aromatic carbocycles. The van der Waals surface area contributed by atoms with Gasteiger partial charge in [0.2, 0.25) is 0 Å². The fraction of sp³-hybridized carbons (Fsp3) is 1.00. The Bertz CT molecular complexity index is 260. The summed E-state index contributed by atoms with van der Waals surface area (Å²) in [6.45, 7) is 10.5. The van der Waals surface area contributed by atoms with Gasteiger partial charge in [-0.25, -0.2) is 0 Å². The average Bonchev–Trinajstić information content (AvgIpc) is 2.43. The van der Waals surface area contributed by atoms with Gasteiger partial charge in [0.05, 0.1) is 0 Å². The Balaban J connectivity index is 2.92. The predicted molar refractivity (Wildman–Crippen MR) is 90.2 cm³/mol. The number of nitrogens with zero attached hydrogens (tertiary/aromatic N) is 1. The van der Waals surface area contributed by atoms with E-state index in [0.29, 0.717) is 11.6 Å². The molecule has 0 aliphatic heterocycles. The van der Waals surface area contributed by atoms with E-state index >= 15 is 0 Å². The Hall–Kier alpha value is -0.0800. The zero-order chi connectivity index (χ0) is 15.2. The maximum absolute atomic E-state index is 3.85. The smallest absolute Gasteiger partial charge is 0.0359 e. The lowest BCUT2D eigenvalue weighted by molar-refractivity contribution is 0.0286. The first kappa shape index (κ1) is 18.0. The molecule has 0 bridgehead atoms. The highest BCUT2D eigenvalue weighted by Gasteiger charge is 2.43. The summed E-state index contributed by atoms with van der Waals surface area (Å²) < 4.78 is 0. The highest BCUT2D eigenvalue weighted by Crippen LogP contribution is 2.40. The van der Waals surface area contributed by atoms with Crippen molar-refractivity contribution in [1.29, 1.82) is 0 Å². The molecular weight excluding hydrogens is 244 g/mol. The summed E-state index contributed by atoms with van der Waals surface area (Å²) in [4.78, 5) is 2.54. The third-order valence-corrected chi connectivity index (χ3v) is 5.72. The average molecular weight is 283 g/mol. The number of hydrogen-bond donors (Lipinski definition) is 1. The van der Waals surface area contributed by atoms with Gasteiger partial charge in [0.25, 0.3) is 0 Å². The zero-order valence-electron chi connectivity index (χ0n) is 14.8. The highest BCUT2D eigenvalue weighted by atomic mass is 15.2. The van der Waals surface area contributed by atoms with Gasteiger partial charge < -0.3 is 10.2 Å². The summed E-state index contributed by atoms with van der Waals surface area (Å²) in [5.41, 5.74) is 0.371. The van der Waals surface area contributed by atoms with E-state index in [1.165, 1.54) is 44.9 Å². The van der Waals surface area contributed by atoms with Crippen molar-refractivity contribution >= 4 is 0 Å². The van der Waals surface area contributed by atoms with E-state index in [4.69, 9.17) is 0 Å². The second kappa shape index (κ2) is 8.38. The molecule has 3 unspecified atom stereocenters. The van der Waals surface area contributed by atoms with Gasteiger partial charge in [0.1, 0.15) is 0 Å². The van der Waals surface area contributed by atoms with Crippen molar-refractivity contribution in [3.63, 3.8) is 0 Å². The quantitative estimate of drug-likeness (QED) is 0.714. The fourth-order valence-electron chi connectivity index (χ4n) is 4.29. The minimum absolute atomic E-state index is 0.371. The van der Waals surface area contributed by atoms with Gasteiger partial charge in [0, 0.05) is 11.6 Å². The predicted octanol–water partition coefficient (Wildman–Crippen LogP) is 4.30. The Morgan fingerprint density at radius 1 is 1.20 bits per heavy atom. The maximum Gasteiger partial charge on any atom is 0.0359 e. The largest absolute Gasteiger partial charge is 0.312 e. The first-order chi connectivity index (χ1) is 9.50. The summed E-state index contributed by atoms with van der Waals surface area (Å²) in [7, 11) is 4.60. The molecule has 0 heterocycles. The van der Waals surface area contributed by atoms with E-state index in [2.05, 4.69) is 52.0 Å². The van der Waals surface area contributed by atoms with Crippen LogP contribution in [0.25, 0.3) is 0 Å². The molecule has 20 heavy (non-hydrogen) atoms. The molecule has 1 aliphatic carbocycles. The molecule has 1 fully saturated rings. The minimum atomic E-state index is 0.371. The van der Waals surface area contributed by atoms with E-state index in [0.717, 1.165) is 18.4 Å². The van der Waals surface area contributed by atoms with Crippen LogP contribution in [0.15, 0.2) is 0 Å². The second-order valence-corrected chi connectivity index (χ2v) is 7.23. The number of hydrogen-bond acceptors (Lipinski definition) is 2. The molecule has 0 amide bonds. The van der Waals surface area contributed by atoms with Gasteiger partial charge in [0.15, 0.2) is 0 Å². The summed E-state index contributed by atoms with van der Waals surface area (Å²) in [6.07, 6.45) is 9.50. The Labute approximate surface area is 127 Å². The fourth-order valence-corrected chi connectivity index (χ4v) is 4.29. The Morgan fingerprint density at radius 2 is 1.85 bits per heavy atom. The first-order valence-electron chi connectivity index (χ1n) is 8.90. The van der Waals surface area contributed by atoms with Crippen molar-refractivity contribution in [2.24, 2.45) is 11.8 Å². The molecule has 0 spiro atoms. The monoisotopic (exact) mass is 282 g/mol. The van der Waals surface area contributed by atoms with Gasteiger partial charge >= 0.3 is 0 Å². The molecule has 120 valence electrons. The van der Waals surface area contributed by atoms with Crippen LogP contribution in [-0.2, 0) is 0 Å². The summed E-state index contributed by atoms with van der Waals surface area (Å²) in [5, 5.41) is 3.85. The molecule has 0 saturated heterocycles. The first-order valence-corrected chi connectivity index (χ1v) is 8.90. The van der Waals surface area contributed by atoms with Gasteiger partial charge in [-0.3, -0.25) is 0 Å². The van der Waals surface area contributed by atoms with Gasteiger partial charge in [-0.1, -0.05) is 53.4 Å². The maximum atomic E-state index is 3.85. The lowest BCUT2D eigenvalue weighted by Gasteiger charge is -2.51. The van der Waals surface area contributed by atoms with Gasteiger partial charge in [-0.2, -0.15) is 0 Å². The van der Waals surface area contributed by atoms with Crippen LogP contribution in [0.2, 0.25) is 0 Å². The molecule has 3 atom stereocenters. The topological polar surface area (TPSA) is 15.3 Å². The Kier molecular flexibility index (Phi) is 7.53. The number of likely N-dealkylation sites (N-methyl/N-ethyl adjacent to an activating group) is 2. The van der Waals surface area contributed by atoms with Crippen molar-refractivity contribution in [3.8, 4) is 0 Å². The third-order valence-electron chi connectivity index (χ3n) is 5.72. The van der Waals surface area contributed by atoms with Gasteiger partial charge in [-0.05, 0) is 51.7 Å².